The Morgan fingerprint density at radius 2 is 2.11 bits per heavy atom. The van der Waals surface area contributed by atoms with Gasteiger partial charge in [-0.3, -0.25) is 4.90 Å². The third kappa shape index (κ3) is 3.43. The van der Waals surface area contributed by atoms with Crippen molar-refractivity contribution in [3.05, 3.63) is 35.9 Å². The van der Waals surface area contributed by atoms with Crippen molar-refractivity contribution >= 4 is 16.7 Å². The Bertz CT molecular complexity index is 542. The molecule has 0 atom stereocenters. The van der Waals surface area contributed by atoms with E-state index in [1.54, 1.807) is 7.11 Å². The van der Waals surface area contributed by atoms with Crippen molar-refractivity contribution in [2.45, 2.75) is 13.5 Å². The molecule has 2 rings (SSSR count). The van der Waals surface area contributed by atoms with Crippen molar-refractivity contribution in [2.24, 2.45) is 0 Å². The first-order valence-electron chi connectivity index (χ1n) is 6.60. The summed E-state index contributed by atoms with van der Waals surface area (Å²) in [4.78, 5) is 6.76. The molecule has 2 aromatic rings. The normalized spacial score (nSPS) is 11.3. The number of fused-ring (bicyclic) bond motifs is 1. The molecule has 0 saturated carbocycles. The maximum Gasteiger partial charge on any atom is 0.128 e. The fourth-order valence-corrected chi connectivity index (χ4v) is 2.11. The number of hydrogen-bond donors (Lipinski definition) is 1. The van der Waals surface area contributed by atoms with Gasteiger partial charge >= 0.3 is 0 Å². The molecular weight excluding hydrogens is 238 g/mol. The van der Waals surface area contributed by atoms with Crippen molar-refractivity contribution in [2.75, 3.05) is 32.5 Å². The molecule has 0 unspecified atom stereocenters. The average molecular weight is 259 g/mol. The van der Waals surface area contributed by atoms with E-state index in [1.165, 1.54) is 0 Å². The van der Waals surface area contributed by atoms with Gasteiger partial charge in [0.05, 0.1) is 12.1 Å². The zero-order valence-corrected chi connectivity index (χ0v) is 11.6. The minimum atomic E-state index is 0.620. The number of anilines is 1. The second-order valence-corrected chi connectivity index (χ2v) is 4.59. The molecule has 0 radical (unpaired) electrons. The molecule has 2 N–H and O–H groups in total. The Morgan fingerprint density at radius 1 is 1.32 bits per heavy atom. The molecule has 0 amide bonds. The standard InChI is InChI=1S/C15H21N3O/c1-3-18(8-9-19-2)11-13-10-12-6-4-5-7-14(12)17-15(13)16/h4-7,10H,3,8-9,11H2,1-2H3,(H2,16,17). The number of aromatic nitrogens is 1. The van der Waals surface area contributed by atoms with E-state index >= 15 is 0 Å². The van der Waals surface area contributed by atoms with E-state index in [0.29, 0.717) is 5.82 Å². The van der Waals surface area contributed by atoms with Gasteiger partial charge in [0, 0.05) is 31.1 Å². The predicted molar refractivity (Wildman–Crippen MR) is 79.0 cm³/mol. The van der Waals surface area contributed by atoms with Gasteiger partial charge in [0.1, 0.15) is 5.82 Å². The molecule has 4 heteroatoms. The summed E-state index contributed by atoms with van der Waals surface area (Å²) >= 11 is 0. The molecule has 102 valence electrons. The fourth-order valence-electron chi connectivity index (χ4n) is 2.11. The van der Waals surface area contributed by atoms with Gasteiger partial charge in [-0.2, -0.15) is 0 Å². The maximum atomic E-state index is 6.05. The summed E-state index contributed by atoms with van der Waals surface area (Å²) in [6, 6.07) is 10.2. The number of hydrogen-bond acceptors (Lipinski definition) is 4. The third-order valence-corrected chi connectivity index (χ3v) is 3.29. The van der Waals surface area contributed by atoms with Crippen molar-refractivity contribution in [3.63, 3.8) is 0 Å². The van der Waals surface area contributed by atoms with E-state index in [9.17, 15) is 0 Å². The molecule has 0 spiro atoms. The Morgan fingerprint density at radius 3 is 2.84 bits per heavy atom. The first-order valence-corrected chi connectivity index (χ1v) is 6.60. The quantitative estimate of drug-likeness (QED) is 0.864. The van der Waals surface area contributed by atoms with E-state index in [1.807, 2.05) is 18.2 Å². The highest BCUT2D eigenvalue weighted by atomic mass is 16.5. The van der Waals surface area contributed by atoms with Crippen LogP contribution in [0.4, 0.5) is 5.82 Å². The lowest BCUT2D eigenvalue weighted by Crippen LogP contribution is -2.27. The van der Waals surface area contributed by atoms with Gasteiger partial charge in [-0.15, -0.1) is 0 Å². The molecule has 0 fully saturated rings. The van der Waals surface area contributed by atoms with Gasteiger partial charge in [0.15, 0.2) is 0 Å². The Labute approximate surface area is 114 Å². The van der Waals surface area contributed by atoms with Crippen LogP contribution in [0.5, 0.6) is 0 Å². The summed E-state index contributed by atoms with van der Waals surface area (Å²) in [5.41, 5.74) is 8.08. The molecule has 1 aromatic carbocycles. The topological polar surface area (TPSA) is 51.4 Å². The number of nitrogens with zero attached hydrogens (tertiary/aromatic N) is 2. The lowest BCUT2D eigenvalue weighted by Gasteiger charge is -2.20. The monoisotopic (exact) mass is 259 g/mol. The molecule has 0 aliphatic rings. The van der Waals surface area contributed by atoms with E-state index in [0.717, 1.165) is 42.7 Å². The lowest BCUT2D eigenvalue weighted by atomic mass is 10.1. The second kappa shape index (κ2) is 6.50. The van der Waals surface area contributed by atoms with E-state index in [2.05, 4.69) is 28.9 Å². The first-order chi connectivity index (χ1) is 9.24. The smallest absolute Gasteiger partial charge is 0.128 e. The van der Waals surface area contributed by atoms with Crippen molar-refractivity contribution in [3.8, 4) is 0 Å². The minimum absolute atomic E-state index is 0.620. The summed E-state index contributed by atoms with van der Waals surface area (Å²) in [6.07, 6.45) is 0. The van der Waals surface area contributed by atoms with Gasteiger partial charge in [-0.05, 0) is 18.7 Å². The summed E-state index contributed by atoms with van der Waals surface area (Å²) in [5, 5.41) is 1.13. The van der Waals surface area contributed by atoms with Gasteiger partial charge in [0.25, 0.3) is 0 Å². The van der Waals surface area contributed by atoms with Crippen molar-refractivity contribution in [1.29, 1.82) is 0 Å². The second-order valence-electron chi connectivity index (χ2n) is 4.59. The number of rotatable bonds is 6. The molecule has 0 bridgehead atoms. The molecule has 1 aromatic heterocycles. The highest BCUT2D eigenvalue weighted by Gasteiger charge is 2.08. The van der Waals surface area contributed by atoms with Crippen LogP contribution in [0, 0.1) is 0 Å². The van der Waals surface area contributed by atoms with Gasteiger partial charge in [-0.25, -0.2) is 4.98 Å². The largest absolute Gasteiger partial charge is 0.383 e. The zero-order chi connectivity index (χ0) is 13.7. The van der Waals surface area contributed by atoms with Crippen LogP contribution in [0.25, 0.3) is 10.9 Å². The van der Waals surface area contributed by atoms with E-state index < -0.39 is 0 Å². The number of likely N-dealkylation sites (N-methyl/N-ethyl adjacent to an activating group) is 1. The van der Waals surface area contributed by atoms with E-state index in [4.69, 9.17) is 10.5 Å². The van der Waals surface area contributed by atoms with Crippen LogP contribution in [0.1, 0.15) is 12.5 Å². The van der Waals surface area contributed by atoms with Gasteiger partial charge in [-0.1, -0.05) is 25.1 Å². The highest BCUT2D eigenvalue weighted by molar-refractivity contribution is 5.81. The van der Waals surface area contributed by atoms with Gasteiger partial charge in [0.2, 0.25) is 0 Å². The predicted octanol–water partition coefficient (Wildman–Crippen LogP) is 2.29. The Hall–Kier alpha value is -1.65. The number of para-hydroxylation sites is 1. The molecule has 19 heavy (non-hydrogen) atoms. The molecule has 1 heterocycles. The Balaban J connectivity index is 2.21. The molecule has 4 nitrogen and oxygen atoms in total. The zero-order valence-electron chi connectivity index (χ0n) is 11.6. The summed E-state index contributed by atoms with van der Waals surface area (Å²) in [7, 11) is 1.72. The van der Waals surface area contributed by atoms with Crippen LogP contribution in [0.3, 0.4) is 0 Å². The van der Waals surface area contributed by atoms with E-state index in [-0.39, 0.29) is 0 Å². The maximum absolute atomic E-state index is 6.05. The molecule has 0 aliphatic heterocycles. The minimum Gasteiger partial charge on any atom is -0.383 e. The van der Waals surface area contributed by atoms with Crippen LogP contribution in [0.15, 0.2) is 30.3 Å². The SMILES string of the molecule is CCN(CCOC)Cc1cc2ccccc2nc1N. The fraction of sp³-hybridized carbons (Fsp3) is 0.400. The van der Waals surface area contributed by atoms with Crippen LogP contribution < -0.4 is 5.73 Å². The number of benzene rings is 1. The molecular formula is C15H21N3O. The number of methoxy groups -OCH3 is 1. The summed E-state index contributed by atoms with van der Waals surface area (Å²) in [5.74, 6) is 0.620. The highest BCUT2D eigenvalue weighted by Crippen LogP contribution is 2.19. The van der Waals surface area contributed by atoms with Crippen LogP contribution in [-0.2, 0) is 11.3 Å². The first kappa shape index (κ1) is 13.8. The average Bonchev–Trinajstić information content (AvgIpc) is 2.43. The molecule has 0 saturated heterocycles. The number of pyridine rings is 1. The summed E-state index contributed by atoms with van der Waals surface area (Å²) < 4.78 is 5.12. The van der Waals surface area contributed by atoms with Crippen molar-refractivity contribution < 1.29 is 4.74 Å². The van der Waals surface area contributed by atoms with Gasteiger partial charge < -0.3 is 10.5 Å². The van der Waals surface area contributed by atoms with Crippen LogP contribution >= 0.6 is 0 Å². The lowest BCUT2D eigenvalue weighted by molar-refractivity contribution is 0.147. The Kier molecular flexibility index (Phi) is 4.71. The van der Waals surface area contributed by atoms with Crippen LogP contribution in [-0.4, -0.2) is 36.7 Å². The summed E-state index contributed by atoms with van der Waals surface area (Å²) in [6.45, 7) is 5.55. The number of nitrogens with two attached hydrogens (primary N) is 1. The number of nitrogen functional groups attached to an aromatic ring is 1. The third-order valence-electron chi connectivity index (χ3n) is 3.29. The molecule has 0 aliphatic carbocycles. The van der Waals surface area contributed by atoms with Crippen molar-refractivity contribution in [1.82, 2.24) is 9.88 Å². The number of ether oxygens (including phenoxy) is 1. The van der Waals surface area contributed by atoms with Crippen LogP contribution in [0.2, 0.25) is 0 Å².